The van der Waals surface area contributed by atoms with E-state index in [9.17, 15) is 4.79 Å². The molecule has 4 nitrogen and oxygen atoms in total. The molecular weight excluding hydrogens is 274 g/mol. The summed E-state index contributed by atoms with van der Waals surface area (Å²) in [6, 6.07) is 8.74. The van der Waals surface area contributed by atoms with E-state index in [1.54, 1.807) is 6.20 Å². The summed E-state index contributed by atoms with van der Waals surface area (Å²) in [5, 5.41) is 0. The number of Topliss-reactive ketones (excluding diaryl/α,β-unsaturated/α-hetero) is 1. The molecule has 0 radical (unpaired) electrons. The Hall–Kier alpha value is -2.23. The molecule has 2 aromatic rings. The molecule has 22 heavy (non-hydrogen) atoms. The van der Waals surface area contributed by atoms with Crippen LogP contribution in [0.2, 0.25) is 0 Å². The molecule has 0 amide bonds. The van der Waals surface area contributed by atoms with Crippen molar-refractivity contribution in [1.82, 2.24) is 9.97 Å². The predicted molar refractivity (Wildman–Crippen MR) is 85.6 cm³/mol. The lowest BCUT2D eigenvalue weighted by molar-refractivity contribution is 0.0951. The van der Waals surface area contributed by atoms with E-state index in [1.165, 1.54) is 11.3 Å². The average Bonchev–Trinajstić information content (AvgIpc) is 2.82. The van der Waals surface area contributed by atoms with E-state index in [0.29, 0.717) is 23.9 Å². The van der Waals surface area contributed by atoms with Crippen LogP contribution in [0.25, 0.3) is 0 Å². The molecule has 1 aromatic carbocycles. The van der Waals surface area contributed by atoms with Crippen molar-refractivity contribution in [2.24, 2.45) is 5.92 Å². The van der Waals surface area contributed by atoms with Gasteiger partial charge in [0.2, 0.25) is 5.95 Å². The molecule has 4 rings (SSSR count). The van der Waals surface area contributed by atoms with Gasteiger partial charge in [-0.05, 0) is 37.3 Å². The molecule has 0 saturated heterocycles. The second-order valence-electron chi connectivity index (χ2n) is 6.52. The maximum atomic E-state index is 12.1. The second-order valence-corrected chi connectivity index (χ2v) is 6.52. The van der Waals surface area contributed by atoms with E-state index in [0.717, 1.165) is 24.5 Å². The molecule has 1 aliphatic carbocycles. The first-order valence-corrected chi connectivity index (χ1v) is 7.89. The third-order valence-electron chi connectivity index (χ3n) is 4.65. The van der Waals surface area contributed by atoms with Crippen LogP contribution in [-0.4, -0.2) is 21.8 Å². The van der Waals surface area contributed by atoms with Crippen LogP contribution >= 0.6 is 0 Å². The molecule has 2 aliphatic rings. The van der Waals surface area contributed by atoms with Gasteiger partial charge in [0.15, 0.2) is 5.78 Å². The smallest absolute Gasteiger partial charge is 0.230 e. The third-order valence-corrected chi connectivity index (χ3v) is 4.65. The molecule has 1 aromatic heterocycles. The van der Waals surface area contributed by atoms with Gasteiger partial charge in [-0.2, -0.15) is 0 Å². The molecule has 0 N–H and O–H groups in total. The standard InChI is InChI=1S/C18H19N3O/c1-11-7-15-14(17(22)8-11)10-19-18(20-15)21-12(2)9-13-5-3-4-6-16(13)21/h3-6,10-12H,7-9H2,1-2H3/t11-,12+/m0/s1. The first-order valence-electron chi connectivity index (χ1n) is 7.89. The van der Waals surface area contributed by atoms with Crippen LogP contribution in [0.15, 0.2) is 30.5 Å². The number of anilines is 2. The SMILES string of the molecule is C[C@@H]1CC(=O)c2cnc(N3c4ccccc4C[C@H]3C)nc2C1. The Bertz CT molecular complexity index is 756. The molecule has 0 spiro atoms. The molecule has 4 heteroatoms. The third kappa shape index (κ3) is 2.02. The van der Waals surface area contributed by atoms with Crippen LogP contribution in [-0.2, 0) is 12.8 Å². The maximum absolute atomic E-state index is 12.1. The molecule has 0 unspecified atom stereocenters. The zero-order valence-corrected chi connectivity index (χ0v) is 12.9. The molecule has 0 saturated carbocycles. The van der Waals surface area contributed by atoms with Crippen LogP contribution in [0.3, 0.4) is 0 Å². The molecule has 0 fully saturated rings. The van der Waals surface area contributed by atoms with Crippen molar-refractivity contribution >= 4 is 17.4 Å². The number of hydrogen-bond donors (Lipinski definition) is 0. The molecule has 0 bridgehead atoms. The highest BCUT2D eigenvalue weighted by molar-refractivity contribution is 5.98. The second kappa shape index (κ2) is 4.90. The van der Waals surface area contributed by atoms with Crippen molar-refractivity contribution < 1.29 is 4.79 Å². The normalized spacial score (nSPS) is 23.4. The highest BCUT2D eigenvalue weighted by atomic mass is 16.1. The summed E-state index contributed by atoms with van der Waals surface area (Å²) >= 11 is 0. The summed E-state index contributed by atoms with van der Waals surface area (Å²) in [6.07, 6.45) is 4.20. The van der Waals surface area contributed by atoms with Gasteiger partial charge in [0.05, 0.1) is 11.3 Å². The van der Waals surface area contributed by atoms with Crippen molar-refractivity contribution in [2.75, 3.05) is 4.90 Å². The lowest BCUT2D eigenvalue weighted by atomic mass is 9.88. The Balaban J connectivity index is 1.78. The number of carbonyl (C=O) groups is 1. The monoisotopic (exact) mass is 293 g/mol. The molecule has 2 atom stereocenters. The molecule has 112 valence electrons. The highest BCUT2D eigenvalue weighted by Gasteiger charge is 2.31. The van der Waals surface area contributed by atoms with E-state index < -0.39 is 0 Å². The van der Waals surface area contributed by atoms with Gasteiger partial charge in [0.1, 0.15) is 0 Å². The lowest BCUT2D eigenvalue weighted by Crippen LogP contribution is -2.28. The fourth-order valence-electron chi connectivity index (χ4n) is 3.61. The first kappa shape index (κ1) is 13.4. The Morgan fingerprint density at radius 1 is 1.14 bits per heavy atom. The summed E-state index contributed by atoms with van der Waals surface area (Å²) in [5.41, 5.74) is 4.14. The van der Waals surface area contributed by atoms with Crippen LogP contribution in [0.4, 0.5) is 11.6 Å². The largest absolute Gasteiger partial charge is 0.307 e. The fourth-order valence-corrected chi connectivity index (χ4v) is 3.61. The Kier molecular flexibility index (Phi) is 2.99. The topological polar surface area (TPSA) is 46.1 Å². The van der Waals surface area contributed by atoms with Crippen molar-refractivity contribution in [2.45, 2.75) is 39.2 Å². The van der Waals surface area contributed by atoms with Crippen molar-refractivity contribution in [3.8, 4) is 0 Å². The summed E-state index contributed by atoms with van der Waals surface area (Å²) in [7, 11) is 0. The Labute approximate surface area is 130 Å². The number of para-hydroxylation sites is 1. The summed E-state index contributed by atoms with van der Waals surface area (Å²) in [4.78, 5) is 23.5. The minimum atomic E-state index is 0.176. The fraction of sp³-hybridized carbons (Fsp3) is 0.389. The molecular formula is C18H19N3O. The minimum Gasteiger partial charge on any atom is -0.307 e. The zero-order chi connectivity index (χ0) is 15.3. The van der Waals surface area contributed by atoms with Gasteiger partial charge >= 0.3 is 0 Å². The number of nitrogens with zero attached hydrogens (tertiary/aromatic N) is 3. The van der Waals surface area contributed by atoms with Gasteiger partial charge in [-0.1, -0.05) is 25.1 Å². The zero-order valence-electron chi connectivity index (χ0n) is 12.9. The van der Waals surface area contributed by atoms with Gasteiger partial charge in [-0.25, -0.2) is 9.97 Å². The number of hydrogen-bond acceptors (Lipinski definition) is 4. The van der Waals surface area contributed by atoms with Crippen molar-refractivity contribution in [3.63, 3.8) is 0 Å². The van der Waals surface area contributed by atoms with E-state index in [4.69, 9.17) is 4.98 Å². The van der Waals surface area contributed by atoms with Crippen molar-refractivity contribution in [1.29, 1.82) is 0 Å². The summed E-state index contributed by atoms with van der Waals surface area (Å²) in [5.74, 6) is 1.26. The van der Waals surface area contributed by atoms with E-state index in [-0.39, 0.29) is 5.78 Å². The quantitative estimate of drug-likeness (QED) is 0.809. The minimum absolute atomic E-state index is 0.176. The van der Waals surface area contributed by atoms with E-state index in [2.05, 4.69) is 41.9 Å². The van der Waals surface area contributed by atoms with Gasteiger partial charge in [-0.15, -0.1) is 0 Å². The van der Waals surface area contributed by atoms with Crippen LogP contribution < -0.4 is 4.90 Å². The van der Waals surface area contributed by atoms with Gasteiger partial charge in [0, 0.05) is 24.3 Å². The summed E-state index contributed by atoms with van der Waals surface area (Å²) < 4.78 is 0. The number of rotatable bonds is 1. The predicted octanol–water partition coefficient (Wildman–Crippen LogP) is 3.32. The Morgan fingerprint density at radius 3 is 2.82 bits per heavy atom. The number of benzene rings is 1. The van der Waals surface area contributed by atoms with Crippen LogP contribution in [0.1, 0.15) is 41.9 Å². The highest BCUT2D eigenvalue weighted by Crippen LogP contribution is 2.37. The number of carbonyl (C=O) groups excluding carboxylic acids is 1. The van der Waals surface area contributed by atoms with Crippen LogP contribution in [0.5, 0.6) is 0 Å². The average molecular weight is 293 g/mol. The maximum Gasteiger partial charge on any atom is 0.230 e. The van der Waals surface area contributed by atoms with Crippen molar-refractivity contribution in [3.05, 3.63) is 47.3 Å². The van der Waals surface area contributed by atoms with Gasteiger partial charge in [-0.3, -0.25) is 4.79 Å². The number of aromatic nitrogens is 2. The molecule has 2 heterocycles. The van der Waals surface area contributed by atoms with E-state index >= 15 is 0 Å². The number of ketones is 1. The van der Waals surface area contributed by atoms with Crippen LogP contribution in [0, 0.1) is 5.92 Å². The van der Waals surface area contributed by atoms with Gasteiger partial charge < -0.3 is 4.90 Å². The summed E-state index contributed by atoms with van der Waals surface area (Å²) in [6.45, 7) is 4.30. The Morgan fingerprint density at radius 2 is 1.95 bits per heavy atom. The molecule has 1 aliphatic heterocycles. The van der Waals surface area contributed by atoms with Gasteiger partial charge in [0.25, 0.3) is 0 Å². The van der Waals surface area contributed by atoms with E-state index in [1.807, 2.05) is 6.07 Å². The first-order chi connectivity index (χ1) is 10.6. The lowest BCUT2D eigenvalue weighted by Gasteiger charge is -2.25. The number of fused-ring (bicyclic) bond motifs is 2.